The first-order chi connectivity index (χ1) is 6.24. The molecule has 0 spiro atoms. The Hall–Kier alpha value is -1.07. The van der Waals surface area contributed by atoms with Crippen LogP contribution in [0.25, 0.3) is 0 Å². The lowest BCUT2D eigenvalue weighted by atomic mass is 10.2. The van der Waals surface area contributed by atoms with Gasteiger partial charge in [-0.05, 0) is 12.1 Å². The Labute approximate surface area is 80.5 Å². The van der Waals surface area contributed by atoms with E-state index in [0.717, 1.165) is 6.07 Å². The van der Waals surface area contributed by atoms with Crippen LogP contribution in [0, 0.1) is 23.5 Å². The van der Waals surface area contributed by atoms with Gasteiger partial charge in [0, 0.05) is 18.4 Å². The Morgan fingerprint density at radius 3 is 2.69 bits per heavy atom. The van der Waals surface area contributed by atoms with Crippen molar-refractivity contribution in [1.29, 1.82) is 0 Å². The first-order valence-corrected chi connectivity index (χ1v) is 4.27. The van der Waals surface area contributed by atoms with Crippen molar-refractivity contribution in [2.75, 3.05) is 5.88 Å². The first-order valence-electron chi connectivity index (χ1n) is 3.74. The van der Waals surface area contributed by atoms with Crippen LogP contribution in [0.15, 0.2) is 18.2 Å². The van der Waals surface area contributed by atoms with Crippen LogP contribution in [0.5, 0.6) is 0 Å². The zero-order chi connectivity index (χ0) is 9.68. The molecule has 0 heterocycles. The molecule has 0 aliphatic rings. The summed E-state index contributed by atoms with van der Waals surface area (Å²) >= 11 is 5.38. The molecule has 0 aliphatic carbocycles. The van der Waals surface area contributed by atoms with Gasteiger partial charge < -0.3 is 0 Å². The minimum Gasteiger partial charge on any atom is -0.207 e. The minimum atomic E-state index is -0.637. The highest BCUT2D eigenvalue weighted by Crippen LogP contribution is 2.07. The molecule has 1 aromatic carbocycles. The van der Waals surface area contributed by atoms with Crippen molar-refractivity contribution in [2.24, 2.45) is 0 Å². The Morgan fingerprint density at radius 1 is 1.31 bits per heavy atom. The third-order valence-electron chi connectivity index (χ3n) is 1.37. The van der Waals surface area contributed by atoms with Crippen LogP contribution in [0.4, 0.5) is 8.78 Å². The standard InChI is InChI=1S/C10H7ClF2/c11-6-2-1-3-8-4-5-9(12)7-10(8)13/h4-5,7H,2,6H2. The van der Waals surface area contributed by atoms with Gasteiger partial charge >= 0.3 is 0 Å². The predicted octanol–water partition coefficient (Wildman–Crippen LogP) is 2.95. The van der Waals surface area contributed by atoms with Crippen molar-refractivity contribution >= 4 is 11.6 Å². The van der Waals surface area contributed by atoms with Crippen LogP contribution in [-0.4, -0.2) is 5.88 Å². The second-order valence-corrected chi connectivity index (χ2v) is 2.74. The van der Waals surface area contributed by atoms with Gasteiger partial charge in [-0.1, -0.05) is 11.8 Å². The topological polar surface area (TPSA) is 0 Å². The van der Waals surface area contributed by atoms with E-state index in [9.17, 15) is 8.78 Å². The van der Waals surface area contributed by atoms with Crippen LogP contribution in [-0.2, 0) is 0 Å². The first kappa shape index (κ1) is 10.0. The van der Waals surface area contributed by atoms with Gasteiger partial charge in [0.1, 0.15) is 11.6 Å². The quantitative estimate of drug-likeness (QED) is 0.483. The van der Waals surface area contributed by atoms with Gasteiger partial charge in [-0.15, -0.1) is 11.6 Å². The normalized spacial score (nSPS) is 9.15. The molecule has 0 saturated carbocycles. The van der Waals surface area contributed by atoms with Crippen LogP contribution < -0.4 is 0 Å². The van der Waals surface area contributed by atoms with Crippen molar-refractivity contribution in [1.82, 2.24) is 0 Å². The molecule has 68 valence electrons. The summed E-state index contributed by atoms with van der Waals surface area (Å²) in [6, 6.07) is 3.30. The number of hydrogen-bond donors (Lipinski definition) is 0. The van der Waals surface area contributed by atoms with E-state index in [1.807, 2.05) is 0 Å². The predicted molar refractivity (Wildman–Crippen MR) is 48.6 cm³/mol. The fourth-order valence-electron chi connectivity index (χ4n) is 0.796. The Kier molecular flexibility index (Phi) is 3.72. The maximum Gasteiger partial charge on any atom is 0.141 e. The third kappa shape index (κ3) is 3.04. The second kappa shape index (κ2) is 4.84. The van der Waals surface area contributed by atoms with Crippen molar-refractivity contribution < 1.29 is 8.78 Å². The molecule has 0 unspecified atom stereocenters. The zero-order valence-electron chi connectivity index (χ0n) is 6.78. The Bertz CT molecular complexity index is 350. The molecular formula is C10H7ClF2. The molecule has 0 saturated heterocycles. The third-order valence-corrected chi connectivity index (χ3v) is 1.56. The van der Waals surface area contributed by atoms with E-state index in [1.165, 1.54) is 12.1 Å². The molecule has 13 heavy (non-hydrogen) atoms. The largest absolute Gasteiger partial charge is 0.207 e. The van der Waals surface area contributed by atoms with Gasteiger partial charge in [-0.3, -0.25) is 0 Å². The van der Waals surface area contributed by atoms with Crippen molar-refractivity contribution in [2.45, 2.75) is 6.42 Å². The lowest BCUT2D eigenvalue weighted by Crippen LogP contribution is -1.85. The number of benzene rings is 1. The molecule has 0 radical (unpaired) electrons. The molecule has 1 aromatic rings. The van der Waals surface area contributed by atoms with Crippen molar-refractivity contribution in [3.63, 3.8) is 0 Å². The van der Waals surface area contributed by atoms with E-state index >= 15 is 0 Å². The van der Waals surface area contributed by atoms with E-state index in [-0.39, 0.29) is 5.56 Å². The van der Waals surface area contributed by atoms with Crippen molar-refractivity contribution in [3.05, 3.63) is 35.4 Å². The smallest absolute Gasteiger partial charge is 0.141 e. The highest BCUT2D eigenvalue weighted by molar-refractivity contribution is 6.18. The molecule has 0 N–H and O–H groups in total. The number of halogens is 3. The molecule has 0 fully saturated rings. The zero-order valence-corrected chi connectivity index (χ0v) is 7.54. The summed E-state index contributed by atoms with van der Waals surface area (Å²) in [6.45, 7) is 0. The Balaban J connectivity index is 2.85. The number of hydrogen-bond acceptors (Lipinski definition) is 0. The summed E-state index contributed by atoms with van der Waals surface area (Å²) in [6.07, 6.45) is 0.498. The van der Waals surface area contributed by atoms with E-state index in [1.54, 1.807) is 0 Å². The summed E-state index contributed by atoms with van der Waals surface area (Å²) < 4.78 is 25.3. The molecule has 3 heteroatoms. The average molecular weight is 201 g/mol. The van der Waals surface area contributed by atoms with E-state index in [2.05, 4.69) is 11.8 Å². The van der Waals surface area contributed by atoms with Crippen LogP contribution in [0.1, 0.15) is 12.0 Å². The summed E-state index contributed by atoms with van der Waals surface area (Å²) in [5, 5.41) is 0. The van der Waals surface area contributed by atoms with Crippen molar-refractivity contribution in [3.8, 4) is 11.8 Å². The van der Waals surface area contributed by atoms with Gasteiger partial charge in [0.05, 0.1) is 5.56 Å². The molecule has 0 nitrogen and oxygen atoms in total. The second-order valence-electron chi connectivity index (χ2n) is 2.36. The molecule has 0 bridgehead atoms. The summed E-state index contributed by atoms with van der Waals surface area (Å²) in [4.78, 5) is 0. The molecule has 0 atom stereocenters. The monoisotopic (exact) mass is 200 g/mol. The van der Waals surface area contributed by atoms with Crippen LogP contribution >= 0.6 is 11.6 Å². The lowest BCUT2D eigenvalue weighted by molar-refractivity contribution is 0.581. The van der Waals surface area contributed by atoms with E-state index < -0.39 is 11.6 Å². The van der Waals surface area contributed by atoms with Gasteiger partial charge in [0.2, 0.25) is 0 Å². The fourth-order valence-corrected chi connectivity index (χ4v) is 0.890. The van der Waals surface area contributed by atoms with Gasteiger partial charge in [0.15, 0.2) is 0 Å². The maximum atomic E-state index is 12.9. The lowest BCUT2D eigenvalue weighted by Gasteiger charge is -1.92. The molecule has 0 aromatic heterocycles. The Morgan fingerprint density at radius 2 is 2.08 bits per heavy atom. The highest BCUT2D eigenvalue weighted by atomic mass is 35.5. The number of rotatable bonds is 1. The average Bonchev–Trinajstić information content (AvgIpc) is 2.09. The van der Waals surface area contributed by atoms with Gasteiger partial charge in [-0.2, -0.15) is 0 Å². The molecule has 1 rings (SSSR count). The minimum absolute atomic E-state index is 0.200. The highest BCUT2D eigenvalue weighted by Gasteiger charge is 1.99. The molecule has 0 amide bonds. The summed E-state index contributed by atoms with van der Waals surface area (Å²) in [5.41, 5.74) is 0.200. The molecule has 0 aliphatic heterocycles. The SMILES string of the molecule is Fc1ccc(C#CCCCl)c(F)c1. The summed E-state index contributed by atoms with van der Waals surface area (Å²) in [7, 11) is 0. The molecular weight excluding hydrogens is 194 g/mol. The fraction of sp³-hybridized carbons (Fsp3) is 0.200. The maximum absolute atomic E-state index is 12.9. The van der Waals surface area contributed by atoms with E-state index in [4.69, 9.17) is 11.6 Å². The van der Waals surface area contributed by atoms with Gasteiger partial charge in [0.25, 0.3) is 0 Å². The van der Waals surface area contributed by atoms with Gasteiger partial charge in [-0.25, -0.2) is 8.78 Å². The van der Waals surface area contributed by atoms with Crippen LogP contribution in [0.2, 0.25) is 0 Å². The van der Waals surface area contributed by atoms with E-state index in [0.29, 0.717) is 12.3 Å². The summed E-state index contributed by atoms with van der Waals surface area (Å²) in [5.74, 6) is 4.41. The van der Waals surface area contributed by atoms with Crippen LogP contribution in [0.3, 0.4) is 0 Å². The number of alkyl halides is 1.